The van der Waals surface area contributed by atoms with Crippen molar-refractivity contribution in [3.05, 3.63) is 72.3 Å². The van der Waals surface area contributed by atoms with Crippen LogP contribution in [0.1, 0.15) is 40.5 Å². The SMILES string of the molecule is C#CCC/C(C)=C/CO[Si](c1ccccc1)(c1ccccc1)C(C)(C)C. The lowest BCUT2D eigenvalue weighted by atomic mass is 10.1. The van der Waals surface area contributed by atoms with Crippen molar-refractivity contribution in [2.45, 2.75) is 45.6 Å². The molecule has 0 aromatic heterocycles. The molecule has 0 amide bonds. The Labute approximate surface area is 160 Å². The van der Waals surface area contributed by atoms with Crippen molar-refractivity contribution in [3.8, 4) is 12.3 Å². The molecule has 0 atom stereocenters. The first kappa shape index (κ1) is 20.2. The highest BCUT2D eigenvalue weighted by Gasteiger charge is 2.49. The van der Waals surface area contributed by atoms with Crippen LogP contribution in [-0.4, -0.2) is 14.9 Å². The van der Waals surface area contributed by atoms with Crippen molar-refractivity contribution < 1.29 is 4.43 Å². The molecular weight excluding hydrogens is 332 g/mol. The van der Waals surface area contributed by atoms with Gasteiger partial charge in [-0.3, -0.25) is 0 Å². The lowest BCUT2D eigenvalue weighted by Gasteiger charge is -2.42. The Hall–Kier alpha value is -2.08. The molecular formula is C24H30OSi. The smallest absolute Gasteiger partial charge is 0.261 e. The summed E-state index contributed by atoms with van der Waals surface area (Å²) >= 11 is 0. The van der Waals surface area contributed by atoms with Crippen LogP contribution in [0.4, 0.5) is 0 Å². The van der Waals surface area contributed by atoms with Crippen LogP contribution in [-0.2, 0) is 4.43 Å². The second-order valence-corrected chi connectivity index (χ2v) is 12.0. The van der Waals surface area contributed by atoms with Crippen LogP contribution in [0.3, 0.4) is 0 Å². The number of rotatable bonds is 7. The Bertz CT molecular complexity index is 709. The molecule has 0 spiro atoms. The fourth-order valence-electron chi connectivity index (χ4n) is 3.44. The molecule has 0 saturated carbocycles. The maximum Gasteiger partial charge on any atom is 0.261 e. The number of terminal acetylenes is 1. The van der Waals surface area contributed by atoms with E-state index in [1.165, 1.54) is 15.9 Å². The summed E-state index contributed by atoms with van der Waals surface area (Å²) < 4.78 is 6.83. The minimum atomic E-state index is -2.43. The van der Waals surface area contributed by atoms with Gasteiger partial charge < -0.3 is 4.43 Å². The molecule has 0 saturated heterocycles. The van der Waals surface area contributed by atoms with E-state index in [2.05, 4.69) is 100 Å². The van der Waals surface area contributed by atoms with Gasteiger partial charge in [-0.2, -0.15) is 0 Å². The van der Waals surface area contributed by atoms with Gasteiger partial charge in [0.2, 0.25) is 0 Å². The molecule has 2 aromatic rings. The van der Waals surface area contributed by atoms with E-state index < -0.39 is 8.32 Å². The van der Waals surface area contributed by atoms with Crippen molar-refractivity contribution in [2.75, 3.05) is 6.61 Å². The van der Waals surface area contributed by atoms with Crippen molar-refractivity contribution in [3.63, 3.8) is 0 Å². The van der Waals surface area contributed by atoms with Gasteiger partial charge in [0.05, 0.1) is 6.61 Å². The average Bonchev–Trinajstić information content (AvgIpc) is 2.64. The molecule has 0 fully saturated rings. The summed E-state index contributed by atoms with van der Waals surface area (Å²) in [5.41, 5.74) is 1.29. The third kappa shape index (κ3) is 4.55. The molecule has 0 radical (unpaired) electrons. The van der Waals surface area contributed by atoms with E-state index in [1.54, 1.807) is 0 Å². The third-order valence-electron chi connectivity index (χ3n) is 4.81. The number of benzene rings is 2. The summed E-state index contributed by atoms with van der Waals surface area (Å²) in [7, 11) is -2.43. The van der Waals surface area contributed by atoms with Crippen LogP contribution < -0.4 is 10.4 Å². The number of allylic oxidation sites excluding steroid dienone is 1. The van der Waals surface area contributed by atoms with Gasteiger partial charge in [-0.25, -0.2) is 0 Å². The summed E-state index contributed by atoms with van der Waals surface area (Å²) in [6, 6.07) is 21.5. The van der Waals surface area contributed by atoms with E-state index in [1.807, 2.05) is 0 Å². The van der Waals surface area contributed by atoms with Crippen molar-refractivity contribution in [1.29, 1.82) is 0 Å². The largest absolute Gasteiger partial charge is 0.404 e. The molecule has 0 aliphatic rings. The second kappa shape index (κ2) is 9.03. The van der Waals surface area contributed by atoms with Crippen LogP contribution in [0.2, 0.25) is 5.04 Å². The summed E-state index contributed by atoms with van der Waals surface area (Å²) in [5.74, 6) is 2.71. The molecule has 0 unspecified atom stereocenters. The highest BCUT2D eigenvalue weighted by molar-refractivity contribution is 6.99. The predicted octanol–water partition coefficient (Wildman–Crippen LogP) is 4.92. The zero-order valence-electron chi connectivity index (χ0n) is 16.5. The van der Waals surface area contributed by atoms with E-state index in [0.717, 1.165) is 12.8 Å². The van der Waals surface area contributed by atoms with Crippen LogP contribution >= 0.6 is 0 Å². The number of hydrogen-bond acceptors (Lipinski definition) is 1. The second-order valence-electron chi connectivity index (χ2n) is 7.73. The van der Waals surface area contributed by atoms with E-state index >= 15 is 0 Å². The average molecular weight is 363 g/mol. The molecule has 2 aromatic carbocycles. The van der Waals surface area contributed by atoms with Gasteiger partial charge in [-0.15, -0.1) is 12.3 Å². The minimum absolute atomic E-state index is 0.0102. The molecule has 2 heteroatoms. The van der Waals surface area contributed by atoms with E-state index in [0.29, 0.717) is 6.61 Å². The third-order valence-corrected chi connectivity index (χ3v) is 9.82. The Morgan fingerprint density at radius 3 is 1.92 bits per heavy atom. The molecule has 0 aliphatic carbocycles. The van der Waals surface area contributed by atoms with Gasteiger partial charge in [0.15, 0.2) is 0 Å². The zero-order valence-corrected chi connectivity index (χ0v) is 17.5. The molecule has 0 heterocycles. The highest BCUT2D eigenvalue weighted by Crippen LogP contribution is 2.36. The number of hydrogen-bond donors (Lipinski definition) is 0. The summed E-state index contributed by atoms with van der Waals surface area (Å²) in [6.45, 7) is 9.64. The molecule has 0 N–H and O–H groups in total. The lowest BCUT2D eigenvalue weighted by Crippen LogP contribution is -2.66. The fraction of sp³-hybridized carbons (Fsp3) is 0.333. The van der Waals surface area contributed by atoms with Gasteiger partial charge in [-0.1, -0.05) is 93.1 Å². The van der Waals surface area contributed by atoms with Gasteiger partial charge in [0.1, 0.15) is 0 Å². The Balaban J connectivity index is 2.46. The van der Waals surface area contributed by atoms with Crippen LogP contribution in [0.15, 0.2) is 72.3 Å². The molecule has 0 aliphatic heterocycles. The lowest BCUT2D eigenvalue weighted by molar-refractivity contribution is 0.338. The first-order chi connectivity index (χ1) is 12.4. The van der Waals surface area contributed by atoms with Crippen LogP contribution in [0.5, 0.6) is 0 Å². The highest BCUT2D eigenvalue weighted by atomic mass is 28.4. The van der Waals surface area contributed by atoms with Gasteiger partial charge in [-0.05, 0) is 28.8 Å². The van der Waals surface area contributed by atoms with Crippen molar-refractivity contribution in [2.24, 2.45) is 0 Å². The quantitative estimate of drug-likeness (QED) is 0.386. The molecule has 26 heavy (non-hydrogen) atoms. The molecule has 136 valence electrons. The van der Waals surface area contributed by atoms with Gasteiger partial charge in [0, 0.05) is 6.42 Å². The van der Waals surface area contributed by atoms with Gasteiger partial charge in [0.25, 0.3) is 8.32 Å². The van der Waals surface area contributed by atoms with E-state index in [9.17, 15) is 0 Å². The Morgan fingerprint density at radius 2 is 1.50 bits per heavy atom. The van der Waals surface area contributed by atoms with E-state index in [-0.39, 0.29) is 5.04 Å². The van der Waals surface area contributed by atoms with Gasteiger partial charge >= 0.3 is 0 Å². The predicted molar refractivity (Wildman–Crippen MR) is 115 cm³/mol. The zero-order chi connectivity index (χ0) is 19.0. The normalized spacial score (nSPS) is 12.7. The maximum atomic E-state index is 6.83. The summed E-state index contributed by atoms with van der Waals surface area (Å²) in [6.07, 6.45) is 9.28. The molecule has 0 bridgehead atoms. The van der Waals surface area contributed by atoms with E-state index in [4.69, 9.17) is 10.8 Å². The topological polar surface area (TPSA) is 9.23 Å². The van der Waals surface area contributed by atoms with Crippen molar-refractivity contribution >= 4 is 18.7 Å². The van der Waals surface area contributed by atoms with Crippen molar-refractivity contribution in [1.82, 2.24) is 0 Å². The standard InChI is InChI=1S/C24H30OSi/c1-6-7-14-21(2)19-20-25-26(24(3,4)5,22-15-10-8-11-16-22)23-17-12-9-13-18-23/h1,8-13,15-19H,7,14,20H2,2-5H3/b21-19+. The molecule has 1 nitrogen and oxygen atoms in total. The minimum Gasteiger partial charge on any atom is -0.404 e. The monoisotopic (exact) mass is 362 g/mol. The Kier molecular flexibility index (Phi) is 7.03. The summed E-state index contributed by atoms with van der Waals surface area (Å²) in [5, 5.41) is 2.64. The first-order valence-corrected chi connectivity index (χ1v) is 11.2. The molecule has 2 rings (SSSR count). The Morgan fingerprint density at radius 1 is 1.00 bits per heavy atom. The summed E-state index contributed by atoms with van der Waals surface area (Å²) in [4.78, 5) is 0. The van der Waals surface area contributed by atoms with Crippen LogP contribution in [0.25, 0.3) is 0 Å². The maximum absolute atomic E-state index is 6.83. The van der Waals surface area contributed by atoms with Crippen LogP contribution in [0, 0.1) is 12.3 Å². The fourth-order valence-corrected chi connectivity index (χ4v) is 7.93. The first-order valence-electron chi connectivity index (χ1n) is 9.26.